The summed E-state index contributed by atoms with van der Waals surface area (Å²) in [6.45, 7) is -0.0596. The largest absolute Gasteiger partial charge is 0.274 e. The minimum absolute atomic E-state index is 0.0320. The van der Waals surface area contributed by atoms with Crippen LogP contribution in [0, 0.1) is 0 Å². The lowest BCUT2D eigenvalue weighted by atomic mass is 10.5. The van der Waals surface area contributed by atoms with Crippen molar-refractivity contribution in [3.63, 3.8) is 0 Å². The first kappa shape index (κ1) is 12.9. The molecule has 10 heteroatoms. The van der Waals surface area contributed by atoms with E-state index in [-0.39, 0.29) is 10.8 Å². The van der Waals surface area contributed by atoms with E-state index >= 15 is 0 Å². The van der Waals surface area contributed by atoms with E-state index in [4.69, 9.17) is 15.8 Å². The Labute approximate surface area is 95.7 Å². The minimum Gasteiger partial charge on any atom is -0.216 e. The van der Waals surface area contributed by atoms with Crippen LogP contribution in [0.3, 0.4) is 0 Å². The summed E-state index contributed by atoms with van der Waals surface area (Å²) in [5, 5.41) is 4.70. The number of nitrogens with two attached hydrogens (primary N) is 1. The van der Waals surface area contributed by atoms with E-state index in [1.165, 1.54) is 12.1 Å². The summed E-state index contributed by atoms with van der Waals surface area (Å²) >= 11 is 0.878. The van der Waals surface area contributed by atoms with Gasteiger partial charge in [0.25, 0.3) is 19.3 Å². The van der Waals surface area contributed by atoms with Crippen molar-refractivity contribution in [3.8, 4) is 0 Å². The van der Waals surface area contributed by atoms with E-state index in [0.29, 0.717) is 4.88 Å². The maximum absolute atomic E-state index is 10.9. The van der Waals surface area contributed by atoms with Crippen LogP contribution in [0.4, 0.5) is 0 Å². The lowest BCUT2D eigenvalue weighted by Gasteiger charge is -1.97. The molecule has 0 aliphatic carbocycles. The van der Waals surface area contributed by atoms with Gasteiger partial charge in [-0.15, -0.1) is 11.3 Å². The van der Waals surface area contributed by atoms with E-state index in [1.807, 2.05) is 4.72 Å². The number of rotatable bonds is 4. The van der Waals surface area contributed by atoms with Crippen molar-refractivity contribution in [1.29, 1.82) is 0 Å². The number of hydrogen-bond acceptors (Lipinski definition) is 5. The van der Waals surface area contributed by atoms with Gasteiger partial charge in [-0.1, -0.05) is 0 Å². The van der Waals surface area contributed by atoms with Crippen molar-refractivity contribution >= 4 is 41.3 Å². The summed E-state index contributed by atoms with van der Waals surface area (Å²) < 4.78 is 44.8. The topological polar surface area (TPSA) is 106 Å². The van der Waals surface area contributed by atoms with Crippen LogP contribution in [0.5, 0.6) is 0 Å². The van der Waals surface area contributed by atoms with Gasteiger partial charge in [0.1, 0.15) is 4.21 Å². The molecule has 0 aromatic carbocycles. The first-order valence-electron chi connectivity index (χ1n) is 3.49. The number of thiophene rings is 1. The molecule has 3 N–H and O–H groups in total. The average Bonchev–Trinajstić information content (AvgIpc) is 2.45. The predicted molar refractivity (Wildman–Crippen MR) is 57.3 cm³/mol. The Balaban J connectivity index is 2.79. The molecule has 0 fully saturated rings. The number of nitrogens with one attached hydrogen (secondary N) is 1. The second-order valence-corrected chi connectivity index (χ2v) is 7.86. The zero-order chi connectivity index (χ0) is 11.7. The fourth-order valence-electron chi connectivity index (χ4n) is 0.756. The van der Waals surface area contributed by atoms with E-state index in [9.17, 15) is 16.8 Å². The summed E-state index contributed by atoms with van der Waals surface area (Å²) in [7, 11) is -2.45. The maximum Gasteiger partial charge on any atom is 0.274 e. The molecule has 86 valence electrons. The Morgan fingerprint density at radius 3 is 2.33 bits per heavy atom. The van der Waals surface area contributed by atoms with Gasteiger partial charge in [-0.25, -0.2) is 13.6 Å². The Hall–Kier alpha value is -0.190. The molecule has 1 rings (SSSR count). The maximum atomic E-state index is 10.9. The van der Waals surface area contributed by atoms with Crippen LogP contribution < -0.4 is 9.86 Å². The van der Waals surface area contributed by atoms with Gasteiger partial charge in [0.2, 0.25) is 0 Å². The monoisotopic (exact) mass is 290 g/mol. The Morgan fingerprint density at radius 2 is 1.93 bits per heavy atom. The molecule has 0 spiro atoms. The van der Waals surface area contributed by atoms with E-state index in [0.717, 1.165) is 11.3 Å². The van der Waals surface area contributed by atoms with Crippen molar-refractivity contribution in [3.05, 3.63) is 17.0 Å². The van der Waals surface area contributed by atoms with Gasteiger partial charge in [0.15, 0.2) is 0 Å². The predicted octanol–water partition coefficient (Wildman–Crippen LogP) is -0.0313. The molecule has 0 aliphatic heterocycles. The highest BCUT2D eigenvalue weighted by molar-refractivity contribution is 8.15. The summed E-state index contributed by atoms with van der Waals surface area (Å²) in [6.07, 6.45) is 0. The first-order chi connectivity index (χ1) is 6.68. The van der Waals surface area contributed by atoms with E-state index in [1.54, 1.807) is 0 Å². The third-order valence-corrected chi connectivity index (χ3v) is 5.05. The molecule has 0 bridgehead atoms. The quantitative estimate of drug-likeness (QED) is 0.759. The molecule has 0 aliphatic rings. The van der Waals surface area contributed by atoms with Gasteiger partial charge in [-0.3, -0.25) is 0 Å². The van der Waals surface area contributed by atoms with Gasteiger partial charge in [-0.05, 0) is 12.1 Å². The van der Waals surface area contributed by atoms with E-state index < -0.39 is 19.3 Å². The van der Waals surface area contributed by atoms with Gasteiger partial charge in [0.05, 0.1) is 0 Å². The highest BCUT2D eigenvalue weighted by Gasteiger charge is 2.13. The average molecular weight is 291 g/mol. The molecule has 0 atom stereocenters. The minimum atomic E-state index is -3.77. The van der Waals surface area contributed by atoms with Crippen molar-refractivity contribution in [1.82, 2.24) is 4.72 Å². The van der Waals surface area contributed by atoms with Crippen LogP contribution in [0.2, 0.25) is 0 Å². The highest BCUT2D eigenvalue weighted by atomic mass is 35.7. The Bertz CT molecular complexity index is 547. The van der Waals surface area contributed by atoms with E-state index in [2.05, 4.69) is 0 Å². The third kappa shape index (κ3) is 4.45. The molecule has 0 saturated heterocycles. The van der Waals surface area contributed by atoms with Crippen molar-refractivity contribution in [2.24, 2.45) is 5.14 Å². The summed E-state index contributed by atoms with van der Waals surface area (Å²) in [4.78, 5) is 0.503. The molecule has 6 nitrogen and oxygen atoms in total. The standard InChI is InChI=1S/C5H7ClN2O4S3/c6-14(9,10)5-2-1-4(13-5)3-8-15(7,11)12/h1-2,8H,3H2,(H2,7,11,12). The van der Waals surface area contributed by atoms with Crippen LogP contribution in [0.25, 0.3) is 0 Å². The zero-order valence-corrected chi connectivity index (χ0v) is 10.4. The molecule has 0 saturated carbocycles. The molecule has 1 aromatic heterocycles. The van der Waals surface area contributed by atoms with Crippen molar-refractivity contribution in [2.45, 2.75) is 10.8 Å². The molecule has 1 aromatic rings. The molecule has 0 unspecified atom stereocenters. The van der Waals surface area contributed by atoms with Crippen molar-refractivity contribution < 1.29 is 16.8 Å². The lowest BCUT2D eigenvalue weighted by Crippen LogP contribution is -2.29. The van der Waals surface area contributed by atoms with Crippen molar-refractivity contribution in [2.75, 3.05) is 0 Å². The fraction of sp³-hybridized carbons (Fsp3) is 0.200. The fourth-order valence-corrected chi connectivity index (χ4v) is 3.27. The Morgan fingerprint density at radius 1 is 1.33 bits per heavy atom. The second kappa shape index (κ2) is 4.36. The van der Waals surface area contributed by atoms with Gasteiger partial charge < -0.3 is 0 Å². The second-order valence-electron chi connectivity index (χ2n) is 2.52. The highest BCUT2D eigenvalue weighted by Crippen LogP contribution is 2.24. The third-order valence-electron chi connectivity index (χ3n) is 1.32. The summed E-state index contributed by atoms with van der Waals surface area (Å²) in [6, 6.07) is 2.76. The van der Waals surface area contributed by atoms with Crippen LogP contribution >= 0.6 is 22.0 Å². The first-order valence-corrected chi connectivity index (χ1v) is 8.16. The number of halogens is 1. The molecule has 15 heavy (non-hydrogen) atoms. The molecule has 0 amide bonds. The van der Waals surface area contributed by atoms with Gasteiger partial charge >= 0.3 is 0 Å². The molecular weight excluding hydrogens is 284 g/mol. The van der Waals surface area contributed by atoms with Crippen LogP contribution in [0.1, 0.15) is 4.88 Å². The molecule has 0 radical (unpaired) electrons. The summed E-state index contributed by atoms with van der Waals surface area (Å²) in [5.74, 6) is 0. The summed E-state index contributed by atoms with van der Waals surface area (Å²) in [5.41, 5.74) is 0. The smallest absolute Gasteiger partial charge is 0.216 e. The SMILES string of the molecule is NS(=O)(=O)NCc1ccc(S(=O)(=O)Cl)s1. The van der Waals surface area contributed by atoms with Crippen LogP contribution in [0.15, 0.2) is 16.3 Å². The van der Waals surface area contributed by atoms with Gasteiger partial charge in [0, 0.05) is 22.1 Å². The van der Waals surface area contributed by atoms with Crippen LogP contribution in [-0.2, 0) is 25.8 Å². The Kier molecular flexibility index (Phi) is 3.74. The lowest BCUT2D eigenvalue weighted by molar-refractivity contribution is 0.583. The normalized spacial score (nSPS) is 12.9. The molecular formula is C5H7ClN2O4S3. The number of hydrogen-bond donors (Lipinski definition) is 2. The zero-order valence-electron chi connectivity index (χ0n) is 7.17. The van der Waals surface area contributed by atoms with Gasteiger partial charge in [-0.2, -0.15) is 13.1 Å². The van der Waals surface area contributed by atoms with Crippen LogP contribution in [-0.4, -0.2) is 16.8 Å². The molecule has 1 heterocycles.